The Balaban J connectivity index is 1.38. The molecule has 0 saturated carbocycles. The lowest BCUT2D eigenvalue weighted by molar-refractivity contribution is 0.0620. The molecule has 0 aliphatic carbocycles. The Kier molecular flexibility index (Phi) is 5.02. The summed E-state index contributed by atoms with van der Waals surface area (Å²) in [6.07, 6.45) is 2.42. The van der Waals surface area contributed by atoms with Crippen LogP contribution in [-0.4, -0.2) is 36.5 Å². The van der Waals surface area contributed by atoms with Crippen molar-refractivity contribution in [2.24, 2.45) is 5.92 Å². The summed E-state index contributed by atoms with van der Waals surface area (Å²) in [5.74, 6) is 0.690. The monoisotopic (exact) mass is 372 g/mol. The highest BCUT2D eigenvalue weighted by atomic mass is 35.5. The Morgan fingerprint density at radius 1 is 1.00 bits per heavy atom. The van der Waals surface area contributed by atoms with E-state index in [1.54, 1.807) is 11.8 Å². The van der Waals surface area contributed by atoms with Gasteiger partial charge < -0.3 is 10.2 Å². The summed E-state index contributed by atoms with van der Waals surface area (Å²) in [5.41, 5.74) is 0.733. The van der Waals surface area contributed by atoms with Crippen molar-refractivity contribution in [2.45, 2.75) is 28.7 Å². The van der Waals surface area contributed by atoms with Crippen LogP contribution in [-0.2, 0) is 0 Å². The number of hydrogen-bond donors (Lipinski definition) is 1. The number of rotatable bonds is 4. The summed E-state index contributed by atoms with van der Waals surface area (Å²) in [6.45, 7) is 3.38. The predicted octanol–water partition coefficient (Wildman–Crippen LogP) is 4.32. The van der Waals surface area contributed by atoms with Crippen LogP contribution in [0.3, 0.4) is 0 Å². The van der Waals surface area contributed by atoms with Crippen LogP contribution in [0, 0.1) is 5.92 Å². The van der Waals surface area contributed by atoms with Crippen molar-refractivity contribution in [3.05, 3.63) is 59.1 Å². The Bertz CT molecular complexity index is 739. The first kappa shape index (κ1) is 17.0. The molecule has 0 aromatic heterocycles. The molecule has 3 fully saturated rings. The molecule has 2 aromatic carbocycles. The van der Waals surface area contributed by atoms with E-state index < -0.39 is 0 Å². The lowest BCUT2D eigenvalue weighted by Gasteiger charge is -2.44. The maximum atomic E-state index is 12.5. The first-order chi connectivity index (χ1) is 12.2. The average molecular weight is 373 g/mol. The Morgan fingerprint density at radius 2 is 1.60 bits per heavy atom. The van der Waals surface area contributed by atoms with E-state index in [0.717, 1.165) is 26.9 Å². The molecule has 3 heterocycles. The molecule has 3 saturated heterocycles. The molecule has 2 aromatic rings. The van der Waals surface area contributed by atoms with Gasteiger partial charge in [-0.1, -0.05) is 23.4 Å². The van der Waals surface area contributed by atoms with Crippen LogP contribution in [0.5, 0.6) is 0 Å². The number of nitrogens with one attached hydrogen (secondary N) is 1. The Hall–Kier alpha value is -1.49. The van der Waals surface area contributed by atoms with Crippen molar-refractivity contribution in [3.8, 4) is 0 Å². The number of benzene rings is 2. The van der Waals surface area contributed by atoms with Gasteiger partial charge in [0.25, 0.3) is 5.91 Å². The maximum absolute atomic E-state index is 12.5. The summed E-state index contributed by atoms with van der Waals surface area (Å²) in [6, 6.07) is 15.9. The molecule has 1 atom stereocenters. The first-order valence-corrected chi connectivity index (χ1v) is 9.93. The number of carbonyl (C=O) groups excluding carboxylic acids is 1. The highest BCUT2D eigenvalue weighted by Crippen LogP contribution is 2.29. The highest BCUT2D eigenvalue weighted by Gasteiger charge is 2.34. The zero-order valence-electron chi connectivity index (χ0n) is 14.0. The minimum Gasteiger partial charge on any atom is -0.348 e. The SMILES string of the molecule is O=C(N[C@H]1CN2CCC1CC2)c1ccc(Sc2ccc(Cl)cc2)cc1. The van der Waals surface area contributed by atoms with E-state index in [9.17, 15) is 4.79 Å². The lowest BCUT2D eigenvalue weighted by Crippen LogP contribution is -2.57. The van der Waals surface area contributed by atoms with Crippen molar-refractivity contribution < 1.29 is 4.79 Å². The van der Waals surface area contributed by atoms with E-state index in [2.05, 4.69) is 10.2 Å². The molecular weight excluding hydrogens is 352 g/mol. The van der Waals surface area contributed by atoms with Gasteiger partial charge in [0.1, 0.15) is 0 Å². The van der Waals surface area contributed by atoms with E-state index in [-0.39, 0.29) is 5.91 Å². The molecule has 1 N–H and O–H groups in total. The van der Waals surface area contributed by atoms with Crippen LogP contribution in [0.1, 0.15) is 23.2 Å². The second kappa shape index (κ2) is 7.40. The van der Waals surface area contributed by atoms with E-state index in [1.165, 1.54) is 25.9 Å². The van der Waals surface area contributed by atoms with Gasteiger partial charge in [-0.05, 0) is 80.4 Å². The largest absolute Gasteiger partial charge is 0.348 e. The molecule has 0 radical (unpaired) electrons. The van der Waals surface area contributed by atoms with Gasteiger partial charge in [-0.2, -0.15) is 0 Å². The molecule has 3 aliphatic heterocycles. The molecule has 5 heteroatoms. The van der Waals surface area contributed by atoms with Gasteiger partial charge in [-0.15, -0.1) is 0 Å². The predicted molar refractivity (Wildman–Crippen MR) is 102 cm³/mol. The van der Waals surface area contributed by atoms with Crippen molar-refractivity contribution in [2.75, 3.05) is 19.6 Å². The molecule has 3 aliphatic rings. The number of carbonyl (C=O) groups is 1. The summed E-state index contributed by atoms with van der Waals surface area (Å²) < 4.78 is 0. The smallest absolute Gasteiger partial charge is 0.251 e. The molecule has 0 unspecified atom stereocenters. The van der Waals surface area contributed by atoms with Gasteiger partial charge in [0.05, 0.1) is 0 Å². The minimum atomic E-state index is 0.0433. The standard InChI is InChI=1S/C20H21ClN2OS/c21-16-3-7-18(8-4-16)25-17-5-1-15(2-6-17)20(24)22-19-13-23-11-9-14(19)10-12-23/h1-8,14,19H,9-13H2,(H,22,24)/t19-/m0/s1. The molecule has 130 valence electrons. The van der Waals surface area contributed by atoms with Crippen LogP contribution in [0.2, 0.25) is 5.02 Å². The third-order valence-electron chi connectivity index (χ3n) is 5.14. The number of halogens is 1. The molecule has 1 amide bonds. The number of piperidine rings is 3. The fourth-order valence-corrected chi connectivity index (χ4v) is 4.64. The molecule has 0 spiro atoms. The van der Waals surface area contributed by atoms with Crippen LogP contribution >= 0.6 is 23.4 Å². The summed E-state index contributed by atoms with van der Waals surface area (Å²) in [5, 5.41) is 3.98. The van der Waals surface area contributed by atoms with Gasteiger partial charge in [-0.25, -0.2) is 0 Å². The normalized spacial score (nSPS) is 24.9. The van der Waals surface area contributed by atoms with E-state index in [1.807, 2.05) is 48.5 Å². The van der Waals surface area contributed by atoms with Crippen LogP contribution in [0.4, 0.5) is 0 Å². The van der Waals surface area contributed by atoms with Crippen molar-refractivity contribution in [1.82, 2.24) is 10.2 Å². The van der Waals surface area contributed by atoms with Gasteiger partial charge in [0, 0.05) is 33.0 Å². The van der Waals surface area contributed by atoms with Crippen LogP contribution in [0.25, 0.3) is 0 Å². The van der Waals surface area contributed by atoms with Crippen molar-refractivity contribution in [1.29, 1.82) is 0 Å². The molecule has 2 bridgehead atoms. The molecular formula is C20H21ClN2OS. The Labute approximate surface area is 157 Å². The number of nitrogens with zero attached hydrogens (tertiary/aromatic N) is 1. The minimum absolute atomic E-state index is 0.0433. The van der Waals surface area contributed by atoms with Crippen molar-refractivity contribution >= 4 is 29.3 Å². The van der Waals surface area contributed by atoms with Gasteiger partial charge in [0.15, 0.2) is 0 Å². The highest BCUT2D eigenvalue weighted by molar-refractivity contribution is 7.99. The third-order valence-corrected chi connectivity index (χ3v) is 6.41. The number of hydrogen-bond acceptors (Lipinski definition) is 3. The van der Waals surface area contributed by atoms with Crippen molar-refractivity contribution in [3.63, 3.8) is 0 Å². The summed E-state index contributed by atoms with van der Waals surface area (Å²) in [4.78, 5) is 17.2. The van der Waals surface area contributed by atoms with Gasteiger partial charge in [0.2, 0.25) is 0 Å². The quantitative estimate of drug-likeness (QED) is 0.867. The Morgan fingerprint density at radius 3 is 2.16 bits per heavy atom. The lowest BCUT2D eigenvalue weighted by atomic mass is 9.84. The van der Waals surface area contributed by atoms with E-state index >= 15 is 0 Å². The maximum Gasteiger partial charge on any atom is 0.251 e. The van der Waals surface area contributed by atoms with E-state index in [0.29, 0.717) is 12.0 Å². The fraction of sp³-hybridized carbons (Fsp3) is 0.350. The third kappa shape index (κ3) is 4.02. The zero-order chi connectivity index (χ0) is 17.2. The average Bonchev–Trinajstić information content (AvgIpc) is 2.65. The number of fused-ring (bicyclic) bond motifs is 3. The number of amides is 1. The molecule has 3 nitrogen and oxygen atoms in total. The molecule has 5 rings (SSSR count). The summed E-state index contributed by atoms with van der Waals surface area (Å²) >= 11 is 7.58. The second-order valence-corrected chi connectivity index (χ2v) is 8.38. The van der Waals surface area contributed by atoms with Gasteiger partial charge >= 0.3 is 0 Å². The van der Waals surface area contributed by atoms with E-state index in [4.69, 9.17) is 11.6 Å². The van der Waals surface area contributed by atoms with Gasteiger partial charge in [-0.3, -0.25) is 4.79 Å². The van der Waals surface area contributed by atoms with Crippen LogP contribution in [0.15, 0.2) is 58.3 Å². The molecule has 25 heavy (non-hydrogen) atoms. The first-order valence-electron chi connectivity index (χ1n) is 8.74. The summed E-state index contributed by atoms with van der Waals surface area (Å²) in [7, 11) is 0. The van der Waals surface area contributed by atoms with Crippen LogP contribution < -0.4 is 5.32 Å². The fourth-order valence-electron chi connectivity index (χ4n) is 3.69. The topological polar surface area (TPSA) is 32.3 Å². The zero-order valence-corrected chi connectivity index (χ0v) is 15.5. The second-order valence-electron chi connectivity index (χ2n) is 6.80.